The van der Waals surface area contributed by atoms with Gasteiger partial charge in [0.25, 0.3) is 0 Å². The summed E-state index contributed by atoms with van der Waals surface area (Å²) in [7, 11) is 0. The molecule has 1 saturated carbocycles. The van der Waals surface area contributed by atoms with E-state index in [0.717, 1.165) is 5.56 Å². The number of ketones is 1. The second-order valence-electron chi connectivity index (χ2n) is 5.61. The highest BCUT2D eigenvalue weighted by atomic mass is 16.1. The van der Waals surface area contributed by atoms with Crippen molar-refractivity contribution in [3.63, 3.8) is 0 Å². The lowest BCUT2D eigenvalue weighted by molar-refractivity contribution is 0.0945. The van der Waals surface area contributed by atoms with Crippen LogP contribution in [0.2, 0.25) is 0 Å². The van der Waals surface area contributed by atoms with Gasteiger partial charge in [0.1, 0.15) is 0 Å². The molecule has 0 amide bonds. The molecule has 1 aliphatic rings. The zero-order valence-electron chi connectivity index (χ0n) is 15.9. The van der Waals surface area contributed by atoms with Crippen molar-refractivity contribution >= 4 is 5.78 Å². The Morgan fingerprint density at radius 1 is 0.762 bits per heavy atom. The normalized spacial score (nSPS) is 16.9. The largest absolute Gasteiger partial charge is 0.294 e. The minimum atomic E-state index is 0.139. The summed E-state index contributed by atoms with van der Waals surface area (Å²) >= 11 is 0. The molecule has 1 fully saturated rings. The first kappa shape index (κ1) is 22.2. The topological polar surface area (TPSA) is 17.1 Å². The Balaban J connectivity index is 0. The molecule has 0 N–H and O–H groups in total. The lowest BCUT2D eigenvalue weighted by Crippen LogP contribution is -2.06. The second kappa shape index (κ2) is 9.76. The van der Waals surface area contributed by atoms with Crippen LogP contribution in [0.15, 0.2) is 30.3 Å². The number of benzene rings is 1. The minimum absolute atomic E-state index is 0.139. The molecule has 0 saturated heterocycles. The Hall–Kier alpha value is -1.11. The fourth-order valence-corrected chi connectivity index (χ4v) is 2.62. The minimum Gasteiger partial charge on any atom is -0.294 e. The van der Waals surface area contributed by atoms with Crippen molar-refractivity contribution in [1.29, 1.82) is 0 Å². The van der Waals surface area contributed by atoms with Crippen LogP contribution in [0.25, 0.3) is 0 Å². The van der Waals surface area contributed by atoms with E-state index >= 15 is 0 Å². The average Bonchev–Trinajstić information content (AvgIpc) is 2.95. The van der Waals surface area contributed by atoms with Gasteiger partial charge in [0.15, 0.2) is 5.78 Å². The fraction of sp³-hybridized carbons (Fsp3) is 0.650. The third-order valence-corrected chi connectivity index (χ3v) is 4.34. The van der Waals surface area contributed by atoms with E-state index in [0.29, 0.717) is 5.78 Å². The standard InChI is InChI=1S/C14H18O.3C2H6/c1-13(2)12(14(13,3)4)11(15)10-8-6-5-7-9-10;3*1-2/h5-9,12H,1-4H3;3*1-2H3. The van der Waals surface area contributed by atoms with E-state index in [4.69, 9.17) is 0 Å². The van der Waals surface area contributed by atoms with E-state index in [1.807, 2.05) is 71.9 Å². The Bertz CT molecular complexity index is 374. The van der Waals surface area contributed by atoms with Gasteiger partial charge in [-0.2, -0.15) is 0 Å². The number of rotatable bonds is 2. The first-order valence-electron chi connectivity index (χ1n) is 8.48. The van der Waals surface area contributed by atoms with E-state index in [1.165, 1.54) is 0 Å². The predicted molar refractivity (Wildman–Crippen MR) is 95.9 cm³/mol. The molecule has 0 spiro atoms. The van der Waals surface area contributed by atoms with E-state index < -0.39 is 0 Å². The molecule has 0 bridgehead atoms. The van der Waals surface area contributed by atoms with Crippen molar-refractivity contribution in [3.05, 3.63) is 35.9 Å². The van der Waals surface area contributed by atoms with E-state index in [9.17, 15) is 4.79 Å². The molecule has 0 heterocycles. The Labute approximate surface area is 133 Å². The number of Topliss-reactive ketones (excluding diaryl/α,β-unsaturated/α-hetero) is 1. The summed E-state index contributed by atoms with van der Waals surface area (Å²) in [5, 5.41) is 0. The summed E-state index contributed by atoms with van der Waals surface area (Å²) in [6.07, 6.45) is 0. The monoisotopic (exact) mass is 292 g/mol. The van der Waals surface area contributed by atoms with Crippen molar-refractivity contribution in [2.45, 2.75) is 69.2 Å². The lowest BCUT2D eigenvalue weighted by Gasteiger charge is -2.03. The molecule has 0 radical (unpaired) electrons. The van der Waals surface area contributed by atoms with Crippen LogP contribution in [0.1, 0.15) is 79.6 Å². The van der Waals surface area contributed by atoms with Crippen LogP contribution in [0.5, 0.6) is 0 Å². The van der Waals surface area contributed by atoms with Gasteiger partial charge in [0.05, 0.1) is 0 Å². The molecule has 1 heteroatoms. The van der Waals surface area contributed by atoms with Crippen molar-refractivity contribution in [1.82, 2.24) is 0 Å². The molecule has 1 aliphatic carbocycles. The molecule has 2 rings (SSSR count). The van der Waals surface area contributed by atoms with Crippen LogP contribution in [-0.4, -0.2) is 5.78 Å². The quantitative estimate of drug-likeness (QED) is 0.559. The molecule has 0 atom stereocenters. The van der Waals surface area contributed by atoms with Crippen LogP contribution >= 0.6 is 0 Å². The summed E-state index contributed by atoms with van der Waals surface area (Å²) in [4.78, 5) is 12.2. The summed E-state index contributed by atoms with van der Waals surface area (Å²) in [5.74, 6) is 0.470. The van der Waals surface area contributed by atoms with Gasteiger partial charge in [-0.15, -0.1) is 0 Å². The van der Waals surface area contributed by atoms with Gasteiger partial charge in [-0.25, -0.2) is 0 Å². The smallest absolute Gasteiger partial charge is 0.167 e. The molecule has 122 valence electrons. The van der Waals surface area contributed by atoms with E-state index in [1.54, 1.807) is 0 Å². The zero-order valence-corrected chi connectivity index (χ0v) is 15.9. The van der Waals surface area contributed by atoms with Gasteiger partial charge in [-0.3, -0.25) is 4.79 Å². The molecule has 0 aliphatic heterocycles. The molecule has 1 aromatic rings. The maximum Gasteiger partial charge on any atom is 0.167 e. The van der Waals surface area contributed by atoms with Crippen molar-refractivity contribution < 1.29 is 4.79 Å². The maximum atomic E-state index is 12.2. The summed E-state index contributed by atoms with van der Waals surface area (Å²) in [5.41, 5.74) is 1.13. The van der Waals surface area contributed by atoms with Crippen molar-refractivity contribution in [2.75, 3.05) is 0 Å². The van der Waals surface area contributed by atoms with Gasteiger partial charge >= 0.3 is 0 Å². The molecule has 21 heavy (non-hydrogen) atoms. The highest BCUT2D eigenvalue weighted by molar-refractivity contribution is 6.01. The molecule has 1 aromatic carbocycles. The summed E-state index contributed by atoms with van der Waals surface area (Å²) in [6, 6.07) is 9.62. The highest BCUT2D eigenvalue weighted by Crippen LogP contribution is 2.69. The number of hydrogen-bond acceptors (Lipinski definition) is 1. The third kappa shape index (κ3) is 4.69. The van der Waals surface area contributed by atoms with Crippen molar-refractivity contribution in [2.24, 2.45) is 16.7 Å². The van der Waals surface area contributed by atoms with Gasteiger partial charge in [0.2, 0.25) is 0 Å². The first-order chi connectivity index (χ1) is 9.89. The summed E-state index contributed by atoms with van der Waals surface area (Å²) < 4.78 is 0. The SMILES string of the molecule is CC.CC.CC.CC1(C)C(C(=O)c2ccccc2)C1(C)C. The van der Waals surface area contributed by atoms with E-state index in [-0.39, 0.29) is 16.7 Å². The maximum absolute atomic E-state index is 12.2. The van der Waals surface area contributed by atoms with Gasteiger partial charge in [-0.1, -0.05) is 99.6 Å². The average molecular weight is 293 g/mol. The molecule has 1 nitrogen and oxygen atoms in total. The van der Waals surface area contributed by atoms with Gasteiger partial charge < -0.3 is 0 Å². The second-order valence-corrected chi connectivity index (χ2v) is 5.61. The molecular formula is C20H36O. The Morgan fingerprint density at radius 2 is 1.10 bits per heavy atom. The molecular weight excluding hydrogens is 256 g/mol. The Kier molecular flexibility index (Phi) is 10.3. The highest BCUT2D eigenvalue weighted by Gasteiger charge is 2.67. The zero-order chi connectivity index (χ0) is 17.3. The van der Waals surface area contributed by atoms with Gasteiger partial charge in [0, 0.05) is 11.5 Å². The number of hydrogen-bond donors (Lipinski definition) is 0. The molecule has 0 unspecified atom stereocenters. The van der Waals surface area contributed by atoms with Crippen LogP contribution in [0.3, 0.4) is 0 Å². The van der Waals surface area contributed by atoms with E-state index in [2.05, 4.69) is 27.7 Å². The first-order valence-corrected chi connectivity index (χ1v) is 8.48. The van der Waals surface area contributed by atoms with Crippen LogP contribution in [-0.2, 0) is 0 Å². The fourth-order valence-electron chi connectivity index (χ4n) is 2.62. The predicted octanol–water partition coefficient (Wildman–Crippen LogP) is 6.63. The number of carbonyl (C=O) groups is 1. The van der Waals surface area contributed by atoms with Gasteiger partial charge in [-0.05, 0) is 10.8 Å². The number of carbonyl (C=O) groups excluding carboxylic acids is 1. The molecule has 0 aromatic heterocycles. The Morgan fingerprint density at radius 3 is 1.38 bits per heavy atom. The summed E-state index contributed by atoms with van der Waals surface area (Å²) in [6.45, 7) is 20.7. The third-order valence-electron chi connectivity index (χ3n) is 4.34. The van der Waals surface area contributed by atoms with Crippen molar-refractivity contribution in [3.8, 4) is 0 Å². The lowest BCUT2D eigenvalue weighted by atomic mass is 10.0. The van der Waals surface area contributed by atoms with Crippen LogP contribution in [0.4, 0.5) is 0 Å². The van der Waals surface area contributed by atoms with Crippen LogP contribution in [0, 0.1) is 16.7 Å². The van der Waals surface area contributed by atoms with Crippen LogP contribution < -0.4 is 0 Å².